The maximum Gasteiger partial charge on any atom is 0.338 e. The van der Waals surface area contributed by atoms with Crippen molar-refractivity contribution in [3.63, 3.8) is 0 Å². The number of hydrogen-bond acceptors (Lipinski definition) is 6. The molecule has 0 unspecified atom stereocenters. The number of rotatable bonds is 3. The van der Waals surface area contributed by atoms with E-state index in [1.54, 1.807) is 20.8 Å². The number of aryl methyl sites for hydroxylation is 2. The molecule has 0 amide bonds. The zero-order chi connectivity index (χ0) is 13.3. The van der Waals surface area contributed by atoms with E-state index in [0.29, 0.717) is 16.5 Å². The highest BCUT2D eigenvalue weighted by Gasteiger charge is 2.20. The van der Waals surface area contributed by atoms with Gasteiger partial charge >= 0.3 is 5.97 Å². The van der Waals surface area contributed by atoms with E-state index in [9.17, 15) is 9.90 Å². The minimum absolute atomic E-state index is 0.142. The van der Waals surface area contributed by atoms with Crippen LogP contribution in [-0.4, -0.2) is 26.3 Å². The lowest BCUT2D eigenvalue weighted by Gasteiger charge is -2.06. The zero-order valence-corrected chi connectivity index (χ0v) is 10.9. The second-order valence-corrected chi connectivity index (χ2v) is 4.69. The molecule has 2 rings (SSSR count). The number of carboxylic acids is 1. The van der Waals surface area contributed by atoms with Crippen molar-refractivity contribution in [2.45, 2.75) is 31.0 Å². The lowest BCUT2D eigenvalue weighted by molar-refractivity contribution is 0.0690. The van der Waals surface area contributed by atoms with Gasteiger partial charge in [0.25, 0.3) is 5.22 Å². The summed E-state index contributed by atoms with van der Waals surface area (Å²) in [4.78, 5) is 15.4. The van der Waals surface area contributed by atoms with Crippen LogP contribution in [-0.2, 0) is 0 Å². The number of nitrogens with zero attached hydrogens (tertiary/aromatic N) is 3. The topological polar surface area (TPSA) is 89.1 Å². The van der Waals surface area contributed by atoms with E-state index in [-0.39, 0.29) is 10.6 Å². The summed E-state index contributed by atoms with van der Waals surface area (Å²) in [5.74, 6) is -1.03. The maximum atomic E-state index is 11.3. The molecule has 94 valence electrons. The lowest BCUT2D eigenvalue weighted by Crippen LogP contribution is -2.08. The van der Waals surface area contributed by atoms with Crippen LogP contribution in [0, 0.1) is 20.8 Å². The zero-order valence-electron chi connectivity index (χ0n) is 10.1. The average Bonchev–Trinajstić information content (AvgIpc) is 2.69. The van der Waals surface area contributed by atoms with Gasteiger partial charge < -0.3 is 9.52 Å². The molecule has 0 aliphatic rings. The average molecular weight is 265 g/mol. The van der Waals surface area contributed by atoms with Gasteiger partial charge in [-0.05, 0) is 38.1 Å². The molecule has 1 N–H and O–H groups in total. The molecule has 0 aliphatic carbocycles. The number of aromatic nitrogens is 3. The van der Waals surface area contributed by atoms with Gasteiger partial charge in [-0.2, -0.15) is 5.10 Å². The number of aromatic carboxylic acids is 1. The van der Waals surface area contributed by atoms with Gasteiger partial charge in [-0.25, -0.2) is 9.78 Å². The first kappa shape index (κ1) is 12.6. The predicted molar refractivity (Wildman–Crippen MR) is 63.8 cm³/mol. The van der Waals surface area contributed by atoms with E-state index in [2.05, 4.69) is 15.2 Å². The molecule has 0 aromatic carbocycles. The van der Waals surface area contributed by atoms with Crippen molar-refractivity contribution in [1.29, 1.82) is 0 Å². The fourth-order valence-corrected chi connectivity index (χ4v) is 2.25. The summed E-state index contributed by atoms with van der Waals surface area (Å²) < 4.78 is 5.16. The molecular formula is C11H11N3O3S. The molecule has 0 fully saturated rings. The van der Waals surface area contributed by atoms with Crippen LogP contribution in [0.4, 0.5) is 0 Å². The molecule has 7 heteroatoms. The Bertz CT molecular complexity index is 610. The number of carboxylic acid groups (broad SMARTS) is 1. The maximum absolute atomic E-state index is 11.3. The van der Waals surface area contributed by atoms with Crippen molar-refractivity contribution in [2.24, 2.45) is 0 Å². The summed E-state index contributed by atoms with van der Waals surface area (Å²) in [6, 6.07) is 0. The molecule has 2 aromatic rings. The molecule has 0 spiro atoms. The van der Waals surface area contributed by atoms with Gasteiger partial charge in [0, 0.05) is 0 Å². The van der Waals surface area contributed by atoms with Crippen LogP contribution in [0.15, 0.2) is 20.9 Å². The van der Waals surface area contributed by atoms with Crippen molar-refractivity contribution in [1.82, 2.24) is 15.2 Å². The second-order valence-electron chi connectivity index (χ2n) is 3.75. The first-order valence-electron chi connectivity index (χ1n) is 5.16. The van der Waals surface area contributed by atoms with E-state index in [0.717, 1.165) is 17.5 Å². The Labute approximate surface area is 107 Å². The van der Waals surface area contributed by atoms with Gasteiger partial charge in [0.05, 0.1) is 17.0 Å². The molecule has 0 radical (unpaired) electrons. The van der Waals surface area contributed by atoms with E-state index in [1.807, 2.05) is 0 Å². The molecular weight excluding hydrogens is 254 g/mol. The highest BCUT2D eigenvalue weighted by molar-refractivity contribution is 7.99. The normalized spacial score (nSPS) is 10.6. The fraction of sp³-hybridized carbons (Fsp3) is 0.273. The molecule has 18 heavy (non-hydrogen) atoms. The summed E-state index contributed by atoms with van der Waals surface area (Å²) in [7, 11) is 0. The smallest absolute Gasteiger partial charge is 0.338 e. The quantitative estimate of drug-likeness (QED) is 0.910. The Morgan fingerprint density at radius 2 is 2.06 bits per heavy atom. The van der Waals surface area contributed by atoms with Crippen LogP contribution in [0.25, 0.3) is 0 Å². The fourth-order valence-electron chi connectivity index (χ4n) is 1.37. The lowest BCUT2D eigenvalue weighted by atomic mass is 10.1. The van der Waals surface area contributed by atoms with Gasteiger partial charge in [0.2, 0.25) is 0 Å². The molecule has 2 heterocycles. The highest BCUT2D eigenvalue weighted by atomic mass is 32.2. The summed E-state index contributed by atoms with van der Waals surface area (Å²) in [5.41, 5.74) is 2.07. The van der Waals surface area contributed by atoms with Crippen LogP contribution in [0.2, 0.25) is 0 Å². The van der Waals surface area contributed by atoms with Crippen LogP contribution >= 0.6 is 11.8 Å². The van der Waals surface area contributed by atoms with Crippen molar-refractivity contribution >= 4 is 17.7 Å². The third kappa shape index (κ3) is 2.35. The predicted octanol–water partition coefficient (Wildman–Crippen LogP) is 2.24. The summed E-state index contributed by atoms with van der Waals surface area (Å²) in [6.45, 7) is 5.22. The van der Waals surface area contributed by atoms with E-state index < -0.39 is 5.97 Å². The summed E-state index contributed by atoms with van der Waals surface area (Å²) >= 11 is 1.05. The molecule has 2 aromatic heterocycles. The van der Waals surface area contributed by atoms with Crippen LogP contribution in [0.5, 0.6) is 0 Å². The van der Waals surface area contributed by atoms with Crippen molar-refractivity contribution < 1.29 is 14.3 Å². The van der Waals surface area contributed by atoms with Gasteiger partial charge in [-0.1, -0.05) is 0 Å². The second kappa shape index (κ2) is 4.77. The van der Waals surface area contributed by atoms with E-state index >= 15 is 0 Å². The third-order valence-electron chi connectivity index (χ3n) is 2.42. The van der Waals surface area contributed by atoms with E-state index in [1.165, 1.54) is 6.26 Å². The van der Waals surface area contributed by atoms with Gasteiger partial charge in [-0.3, -0.25) is 0 Å². The molecule has 0 saturated carbocycles. The van der Waals surface area contributed by atoms with Gasteiger partial charge in [0.15, 0.2) is 0 Å². The van der Waals surface area contributed by atoms with Crippen molar-refractivity contribution in [2.75, 3.05) is 0 Å². The molecule has 0 saturated heterocycles. The van der Waals surface area contributed by atoms with Crippen LogP contribution in [0.3, 0.4) is 0 Å². The van der Waals surface area contributed by atoms with Crippen LogP contribution < -0.4 is 0 Å². The molecule has 0 atom stereocenters. The largest absolute Gasteiger partial charge is 0.478 e. The first-order chi connectivity index (χ1) is 8.49. The van der Waals surface area contributed by atoms with Crippen LogP contribution in [0.1, 0.15) is 27.3 Å². The summed E-state index contributed by atoms with van der Waals surface area (Å²) in [6.07, 6.45) is 1.50. The SMILES string of the molecule is Cc1coc(Sc2nnc(C)c(C)c2C(=O)O)n1. The third-order valence-corrected chi connectivity index (χ3v) is 3.26. The van der Waals surface area contributed by atoms with Gasteiger partial charge in [-0.15, -0.1) is 5.10 Å². The molecule has 6 nitrogen and oxygen atoms in total. The van der Waals surface area contributed by atoms with Crippen molar-refractivity contribution in [3.8, 4) is 0 Å². The Hall–Kier alpha value is -1.89. The molecule has 0 aliphatic heterocycles. The first-order valence-corrected chi connectivity index (χ1v) is 5.98. The van der Waals surface area contributed by atoms with Gasteiger partial charge in [0.1, 0.15) is 11.3 Å². The highest BCUT2D eigenvalue weighted by Crippen LogP contribution is 2.29. The number of hydrogen-bond donors (Lipinski definition) is 1. The Kier molecular flexibility index (Phi) is 3.33. The Balaban J connectivity index is 2.44. The standard InChI is InChI=1S/C11H11N3O3S/c1-5-4-17-11(12-5)18-9-8(10(15)16)6(2)7(3)13-14-9/h4H,1-3H3,(H,15,16). The molecule has 0 bridgehead atoms. The minimum atomic E-state index is -1.03. The van der Waals surface area contributed by atoms with E-state index in [4.69, 9.17) is 4.42 Å². The Morgan fingerprint density at radius 1 is 1.33 bits per heavy atom. The summed E-state index contributed by atoms with van der Waals surface area (Å²) in [5, 5.41) is 17.7. The Morgan fingerprint density at radius 3 is 2.61 bits per heavy atom. The minimum Gasteiger partial charge on any atom is -0.478 e. The number of oxazole rings is 1. The number of carbonyl (C=O) groups is 1. The monoisotopic (exact) mass is 265 g/mol. The van der Waals surface area contributed by atoms with Crippen molar-refractivity contribution in [3.05, 3.63) is 28.8 Å².